The lowest BCUT2D eigenvalue weighted by Crippen LogP contribution is -2.53. The minimum absolute atomic E-state index is 0.119. The molecule has 2 fully saturated rings. The van der Waals surface area contributed by atoms with Crippen LogP contribution in [0.4, 0.5) is 5.69 Å². The Labute approximate surface area is 289 Å². The highest BCUT2D eigenvalue weighted by molar-refractivity contribution is 7.70. The van der Waals surface area contributed by atoms with Crippen LogP contribution in [0.25, 0.3) is 0 Å². The molecule has 2 aromatic rings. The summed E-state index contributed by atoms with van der Waals surface area (Å²) in [6.07, 6.45) is 5.99. The van der Waals surface area contributed by atoms with Crippen LogP contribution in [0.5, 0.6) is 5.75 Å². The Morgan fingerprint density at radius 1 is 1.10 bits per heavy atom. The largest absolute Gasteiger partial charge is 0.496 e. The number of methoxy groups -OCH3 is 1. The summed E-state index contributed by atoms with van der Waals surface area (Å²) in [5.41, 5.74) is 4.98. The van der Waals surface area contributed by atoms with E-state index in [2.05, 4.69) is 28.5 Å². The number of piperidine rings is 1. The zero-order valence-electron chi connectivity index (χ0n) is 28.4. The molecule has 2 aromatic carbocycles. The number of benzene rings is 2. The van der Waals surface area contributed by atoms with E-state index in [1.807, 2.05) is 42.2 Å². The first-order chi connectivity index (χ1) is 22.8. The summed E-state index contributed by atoms with van der Waals surface area (Å²) in [4.78, 5) is 22.9. The Kier molecular flexibility index (Phi) is 11.5. The molecule has 9 nitrogen and oxygen atoms in total. The van der Waals surface area contributed by atoms with E-state index in [0.717, 1.165) is 80.0 Å². The molecule has 256 valence electrons. The van der Waals surface area contributed by atoms with Crippen molar-refractivity contribution in [3.63, 3.8) is 0 Å². The summed E-state index contributed by atoms with van der Waals surface area (Å²) in [5.74, 6) is -0.284. The highest BCUT2D eigenvalue weighted by Crippen LogP contribution is 2.39. The summed E-state index contributed by atoms with van der Waals surface area (Å²) in [7, 11) is -0.892. The van der Waals surface area contributed by atoms with Crippen LogP contribution in [0.15, 0.2) is 82.5 Å². The Morgan fingerprint density at radius 2 is 1.79 bits per heavy atom. The SMILES string of the molecule is C=C1C=C(Cl)C(C(C)c2ccccc2P(C)(C)=O)=NC(C(=N)Cc2ccc(N3CCC(N4CCN(CC(=O)O)CC4)CC3)cc2OC)=C1. The maximum atomic E-state index is 13.1. The van der Waals surface area contributed by atoms with Gasteiger partial charge in [0, 0.05) is 80.3 Å². The lowest BCUT2D eigenvalue weighted by Gasteiger charge is -2.43. The van der Waals surface area contributed by atoms with Gasteiger partial charge in [-0.2, -0.15) is 0 Å². The topological polar surface area (TPSA) is 110 Å². The maximum Gasteiger partial charge on any atom is 0.317 e. The van der Waals surface area contributed by atoms with Gasteiger partial charge in [-0.3, -0.25) is 14.6 Å². The van der Waals surface area contributed by atoms with Crippen molar-refractivity contribution < 1.29 is 19.2 Å². The van der Waals surface area contributed by atoms with Gasteiger partial charge in [0.15, 0.2) is 0 Å². The molecular weight excluding hydrogens is 645 g/mol. The van der Waals surface area contributed by atoms with Crippen LogP contribution >= 0.6 is 18.7 Å². The van der Waals surface area contributed by atoms with Crippen molar-refractivity contribution in [3.05, 3.63) is 88.6 Å². The molecule has 5 rings (SSSR count). The van der Waals surface area contributed by atoms with Gasteiger partial charge in [-0.05, 0) is 55.5 Å². The van der Waals surface area contributed by atoms with Gasteiger partial charge in [-0.15, -0.1) is 0 Å². The van der Waals surface area contributed by atoms with Gasteiger partial charge in [0.25, 0.3) is 0 Å². The molecule has 1 unspecified atom stereocenters. The van der Waals surface area contributed by atoms with Crippen molar-refractivity contribution in [2.45, 2.75) is 38.1 Å². The lowest BCUT2D eigenvalue weighted by molar-refractivity contribution is -0.138. The highest BCUT2D eigenvalue weighted by atomic mass is 35.5. The van der Waals surface area contributed by atoms with E-state index in [4.69, 9.17) is 31.8 Å². The predicted molar refractivity (Wildman–Crippen MR) is 198 cm³/mol. The van der Waals surface area contributed by atoms with E-state index < -0.39 is 13.1 Å². The first kappa shape index (κ1) is 35.8. The fourth-order valence-electron chi connectivity index (χ4n) is 6.94. The quantitative estimate of drug-likeness (QED) is 0.220. The van der Waals surface area contributed by atoms with Crippen molar-refractivity contribution in [2.24, 2.45) is 4.99 Å². The number of aliphatic imine (C=N–C) groups is 1. The fourth-order valence-corrected chi connectivity index (χ4v) is 8.62. The number of nitrogens with zero attached hydrogens (tertiary/aromatic N) is 4. The first-order valence-corrected chi connectivity index (χ1v) is 19.5. The van der Waals surface area contributed by atoms with Gasteiger partial charge in [0.1, 0.15) is 12.9 Å². The number of carboxylic acid groups (broad SMARTS) is 1. The smallest absolute Gasteiger partial charge is 0.317 e. The number of piperazine rings is 1. The van der Waals surface area contributed by atoms with Gasteiger partial charge in [-0.1, -0.05) is 55.4 Å². The van der Waals surface area contributed by atoms with Crippen molar-refractivity contribution >= 4 is 47.1 Å². The van der Waals surface area contributed by atoms with Crippen molar-refractivity contribution in [1.29, 1.82) is 5.41 Å². The van der Waals surface area contributed by atoms with E-state index >= 15 is 0 Å². The Hall–Kier alpha value is -3.49. The summed E-state index contributed by atoms with van der Waals surface area (Å²) in [6, 6.07) is 14.4. The van der Waals surface area contributed by atoms with Crippen LogP contribution in [0.1, 0.15) is 36.8 Å². The normalized spacial score (nSPS) is 19.2. The number of aliphatic carboxylic acids is 1. The Balaban J connectivity index is 1.27. The second kappa shape index (κ2) is 15.4. The van der Waals surface area contributed by atoms with E-state index in [0.29, 0.717) is 40.2 Å². The molecule has 0 radical (unpaired) electrons. The average Bonchev–Trinajstić information content (AvgIpc) is 3.21. The molecular formula is C37H47ClN5O4P. The Bertz CT molecular complexity index is 1700. The minimum Gasteiger partial charge on any atom is -0.496 e. The summed E-state index contributed by atoms with van der Waals surface area (Å²) < 4.78 is 19.0. The van der Waals surface area contributed by atoms with E-state index in [-0.39, 0.29) is 12.5 Å². The Morgan fingerprint density at radius 3 is 2.44 bits per heavy atom. The van der Waals surface area contributed by atoms with Crippen LogP contribution < -0.4 is 14.9 Å². The third kappa shape index (κ3) is 8.56. The van der Waals surface area contributed by atoms with Crippen LogP contribution in [-0.4, -0.2) is 105 Å². The lowest BCUT2D eigenvalue weighted by atomic mass is 9.95. The van der Waals surface area contributed by atoms with E-state index in [9.17, 15) is 9.36 Å². The average molecular weight is 692 g/mol. The molecule has 0 aromatic heterocycles. The zero-order valence-corrected chi connectivity index (χ0v) is 30.1. The molecule has 0 spiro atoms. The van der Waals surface area contributed by atoms with Gasteiger partial charge in [-0.25, -0.2) is 4.99 Å². The fraction of sp³-hybridized carbons (Fsp3) is 0.432. The summed E-state index contributed by atoms with van der Waals surface area (Å²) >= 11 is 6.79. The molecule has 3 heterocycles. The highest BCUT2D eigenvalue weighted by Gasteiger charge is 2.29. The number of carboxylic acids is 1. The number of allylic oxidation sites excluding steroid dienone is 5. The van der Waals surface area contributed by atoms with Crippen LogP contribution in [0.2, 0.25) is 0 Å². The number of hydrogen-bond donors (Lipinski definition) is 2. The molecule has 3 aliphatic rings. The second-order valence-electron chi connectivity index (χ2n) is 13.3. The predicted octanol–water partition coefficient (Wildman–Crippen LogP) is 6.00. The van der Waals surface area contributed by atoms with Gasteiger partial charge in [0.05, 0.1) is 35.8 Å². The number of nitrogens with one attached hydrogen (secondary N) is 1. The molecule has 0 bridgehead atoms. The number of halogens is 1. The number of anilines is 1. The van der Waals surface area contributed by atoms with Crippen molar-refractivity contribution in [3.8, 4) is 5.75 Å². The maximum absolute atomic E-state index is 13.1. The summed E-state index contributed by atoms with van der Waals surface area (Å²) in [5, 5.41) is 19.5. The number of hydrogen-bond acceptors (Lipinski definition) is 8. The van der Waals surface area contributed by atoms with E-state index in [1.165, 1.54) is 0 Å². The number of ether oxygens (including phenoxy) is 1. The molecule has 0 amide bonds. The van der Waals surface area contributed by atoms with Gasteiger partial charge >= 0.3 is 5.97 Å². The number of carbonyl (C=O) groups is 1. The monoisotopic (exact) mass is 691 g/mol. The molecule has 0 aliphatic carbocycles. The van der Waals surface area contributed by atoms with Crippen molar-refractivity contribution in [2.75, 3.05) is 71.2 Å². The molecule has 3 aliphatic heterocycles. The molecule has 2 N–H and O–H groups in total. The van der Waals surface area contributed by atoms with Crippen LogP contribution in [-0.2, 0) is 15.8 Å². The minimum atomic E-state index is -2.55. The second-order valence-corrected chi connectivity index (χ2v) is 16.9. The van der Waals surface area contributed by atoms with Gasteiger partial charge in [0.2, 0.25) is 0 Å². The number of rotatable bonds is 11. The summed E-state index contributed by atoms with van der Waals surface area (Å²) in [6.45, 7) is 15.1. The molecule has 48 heavy (non-hydrogen) atoms. The zero-order chi connectivity index (χ0) is 34.6. The van der Waals surface area contributed by atoms with Crippen LogP contribution in [0.3, 0.4) is 0 Å². The third-order valence-electron chi connectivity index (χ3n) is 9.57. The molecule has 2 saturated heterocycles. The molecule has 1 atom stereocenters. The molecule has 11 heteroatoms. The van der Waals surface area contributed by atoms with E-state index in [1.54, 1.807) is 32.6 Å². The third-order valence-corrected chi connectivity index (χ3v) is 11.4. The van der Waals surface area contributed by atoms with Crippen LogP contribution in [0, 0.1) is 5.41 Å². The first-order valence-electron chi connectivity index (χ1n) is 16.5. The standard InChI is InChI=1S/C37H47ClN5O4P/c1-25-20-31(38)37(26(2)30-8-6-7-9-35(30)48(4,5)46)40-33(21-25)32(39)22-27-10-11-29(23-34(27)47-3)42-14-12-28(13-15-42)43-18-16-41(17-19-43)24-36(44)45/h6-11,20-21,23,26,28,39H,1,12-19,22,24H2,2-5H3,(H,44,45). The molecule has 0 saturated carbocycles. The van der Waals surface area contributed by atoms with Crippen molar-refractivity contribution in [1.82, 2.24) is 9.80 Å². The van der Waals surface area contributed by atoms with Gasteiger partial charge < -0.3 is 24.7 Å².